The van der Waals surface area contributed by atoms with Crippen molar-refractivity contribution in [2.75, 3.05) is 6.54 Å². The summed E-state index contributed by atoms with van der Waals surface area (Å²) in [4.78, 5) is 24.6. The van der Waals surface area contributed by atoms with Gasteiger partial charge in [-0.2, -0.15) is 0 Å². The fourth-order valence-corrected chi connectivity index (χ4v) is 4.08. The lowest BCUT2D eigenvalue weighted by Gasteiger charge is -2.33. The number of halogens is 1. The predicted molar refractivity (Wildman–Crippen MR) is 85.7 cm³/mol. The molecule has 116 valence electrons. The molecule has 1 aromatic rings. The maximum absolute atomic E-state index is 11.9. The van der Waals surface area contributed by atoms with Gasteiger partial charge in [0.1, 0.15) is 5.54 Å². The van der Waals surface area contributed by atoms with Gasteiger partial charge in [-0.3, -0.25) is 0 Å². The van der Waals surface area contributed by atoms with Gasteiger partial charge < -0.3 is 15.7 Å². The molecule has 1 aliphatic carbocycles. The van der Waals surface area contributed by atoms with Crippen LogP contribution in [0.1, 0.15) is 37.0 Å². The first kappa shape index (κ1) is 16.3. The maximum Gasteiger partial charge on any atom is 0.329 e. The largest absolute Gasteiger partial charge is 0.480 e. The standard InChI is InChI=1S/C14H19BrN2O3S/c15-11-5-4-10(21-11)6-9-16-13(20)17-14(12(18)19)7-2-1-3-8-14/h4-5H,1-3,6-9H2,(H,18,19)(H2,16,17,20). The van der Waals surface area contributed by atoms with Crippen LogP contribution in [0.5, 0.6) is 0 Å². The molecule has 21 heavy (non-hydrogen) atoms. The maximum atomic E-state index is 11.9. The molecule has 0 bridgehead atoms. The van der Waals surface area contributed by atoms with E-state index in [1.165, 1.54) is 4.88 Å². The molecule has 2 rings (SSSR count). The van der Waals surface area contributed by atoms with Crippen LogP contribution >= 0.6 is 27.3 Å². The number of amides is 2. The van der Waals surface area contributed by atoms with Crippen LogP contribution in [0.3, 0.4) is 0 Å². The van der Waals surface area contributed by atoms with Gasteiger partial charge in [0.05, 0.1) is 3.79 Å². The summed E-state index contributed by atoms with van der Waals surface area (Å²) in [6.07, 6.45) is 4.47. The van der Waals surface area contributed by atoms with E-state index in [2.05, 4.69) is 26.6 Å². The molecule has 0 aliphatic heterocycles. The predicted octanol–water partition coefficient (Wildman–Crippen LogP) is 3.14. The SMILES string of the molecule is O=C(NCCc1ccc(Br)s1)NC1(C(=O)O)CCCCC1. The van der Waals surface area contributed by atoms with Crippen LogP contribution in [0.2, 0.25) is 0 Å². The van der Waals surface area contributed by atoms with Crippen molar-refractivity contribution in [3.63, 3.8) is 0 Å². The Morgan fingerprint density at radius 3 is 2.57 bits per heavy atom. The Labute approximate surface area is 136 Å². The normalized spacial score (nSPS) is 17.2. The molecule has 0 aromatic carbocycles. The first-order valence-electron chi connectivity index (χ1n) is 7.05. The summed E-state index contributed by atoms with van der Waals surface area (Å²) < 4.78 is 1.06. The Balaban J connectivity index is 1.81. The number of carbonyl (C=O) groups excluding carboxylic acids is 1. The van der Waals surface area contributed by atoms with E-state index in [0.717, 1.165) is 29.5 Å². The first-order chi connectivity index (χ1) is 10.0. The van der Waals surface area contributed by atoms with E-state index < -0.39 is 17.5 Å². The fourth-order valence-electron chi connectivity index (χ4n) is 2.59. The molecule has 2 amide bonds. The zero-order valence-electron chi connectivity index (χ0n) is 11.7. The summed E-state index contributed by atoms with van der Waals surface area (Å²) in [7, 11) is 0. The van der Waals surface area contributed by atoms with Gasteiger partial charge in [-0.15, -0.1) is 11.3 Å². The van der Waals surface area contributed by atoms with Crippen LogP contribution in [0.15, 0.2) is 15.9 Å². The number of urea groups is 1. The van der Waals surface area contributed by atoms with Crippen molar-refractivity contribution >= 4 is 39.3 Å². The van der Waals surface area contributed by atoms with Crippen molar-refractivity contribution in [3.05, 3.63) is 20.8 Å². The highest BCUT2D eigenvalue weighted by molar-refractivity contribution is 9.11. The molecule has 0 saturated heterocycles. The van der Waals surface area contributed by atoms with E-state index in [0.29, 0.717) is 19.4 Å². The van der Waals surface area contributed by atoms with Crippen LogP contribution in [0.4, 0.5) is 4.79 Å². The molecule has 7 heteroatoms. The van der Waals surface area contributed by atoms with E-state index in [1.807, 2.05) is 12.1 Å². The van der Waals surface area contributed by atoms with Gasteiger partial charge in [0.25, 0.3) is 0 Å². The molecule has 5 nitrogen and oxygen atoms in total. The number of carboxylic acid groups (broad SMARTS) is 1. The van der Waals surface area contributed by atoms with Crippen molar-refractivity contribution < 1.29 is 14.7 Å². The minimum atomic E-state index is -1.09. The highest BCUT2D eigenvalue weighted by atomic mass is 79.9. The number of nitrogens with one attached hydrogen (secondary N) is 2. The van der Waals surface area contributed by atoms with Gasteiger partial charge in [-0.25, -0.2) is 9.59 Å². The summed E-state index contributed by atoms with van der Waals surface area (Å²) in [5.41, 5.74) is -1.09. The quantitative estimate of drug-likeness (QED) is 0.740. The van der Waals surface area contributed by atoms with E-state index in [9.17, 15) is 14.7 Å². The first-order valence-corrected chi connectivity index (χ1v) is 8.66. The minimum Gasteiger partial charge on any atom is -0.480 e. The van der Waals surface area contributed by atoms with E-state index in [4.69, 9.17) is 0 Å². The Morgan fingerprint density at radius 1 is 1.29 bits per heavy atom. The average Bonchev–Trinajstić information content (AvgIpc) is 2.85. The van der Waals surface area contributed by atoms with Crippen LogP contribution in [0.25, 0.3) is 0 Å². The second kappa shape index (κ2) is 7.26. The lowest BCUT2D eigenvalue weighted by molar-refractivity contribution is -0.145. The Bertz CT molecular complexity index is 512. The molecule has 0 radical (unpaired) electrons. The van der Waals surface area contributed by atoms with Crippen LogP contribution in [-0.4, -0.2) is 29.2 Å². The number of hydrogen-bond acceptors (Lipinski definition) is 3. The Kier molecular flexibility index (Phi) is 5.64. The third-order valence-corrected chi connectivity index (χ3v) is 5.44. The van der Waals surface area contributed by atoms with Crippen molar-refractivity contribution in [2.45, 2.75) is 44.1 Å². The van der Waals surface area contributed by atoms with Crippen LogP contribution in [-0.2, 0) is 11.2 Å². The second-order valence-electron chi connectivity index (χ2n) is 5.28. The Hall–Kier alpha value is -1.08. The average molecular weight is 375 g/mol. The van der Waals surface area contributed by atoms with Gasteiger partial charge in [0.2, 0.25) is 0 Å². The number of hydrogen-bond donors (Lipinski definition) is 3. The third kappa shape index (κ3) is 4.44. The zero-order chi connectivity index (χ0) is 15.3. The van der Waals surface area contributed by atoms with Gasteiger partial charge in [-0.1, -0.05) is 19.3 Å². The number of carboxylic acids is 1. The molecular formula is C14H19BrN2O3S. The zero-order valence-corrected chi connectivity index (χ0v) is 14.1. The highest BCUT2D eigenvalue weighted by Crippen LogP contribution is 2.28. The van der Waals surface area contributed by atoms with Crippen LogP contribution in [0, 0.1) is 0 Å². The van der Waals surface area contributed by atoms with Crippen molar-refractivity contribution in [1.29, 1.82) is 0 Å². The summed E-state index contributed by atoms with van der Waals surface area (Å²) >= 11 is 5.03. The summed E-state index contributed by atoms with van der Waals surface area (Å²) in [6, 6.07) is 3.59. The summed E-state index contributed by atoms with van der Waals surface area (Å²) in [5, 5.41) is 14.8. The summed E-state index contributed by atoms with van der Waals surface area (Å²) in [5.74, 6) is -0.931. The second-order valence-corrected chi connectivity index (χ2v) is 7.83. The molecule has 1 saturated carbocycles. The third-order valence-electron chi connectivity index (χ3n) is 3.76. The monoisotopic (exact) mass is 374 g/mol. The van der Waals surface area contributed by atoms with Crippen LogP contribution < -0.4 is 10.6 Å². The highest BCUT2D eigenvalue weighted by Gasteiger charge is 2.40. The summed E-state index contributed by atoms with van der Waals surface area (Å²) in [6.45, 7) is 0.495. The molecule has 0 spiro atoms. The van der Waals surface area contributed by atoms with E-state index in [-0.39, 0.29) is 0 Å². The number of thiophene rings is 1. The van der Waals surface area contributed by atoms with Crippen molar-refractivity contribution in [1.82, 2.24) is 10.6 Å². The minimum absolute atomic E-state index is 0.394. The van der Waals surface area contributed by atoms with Crippen molar-refractivity contribution in [3.8, 4) is 0 Å². The molecule has 3 N–H and O–H groups in total. The number of aliphatic carboxylic acids is 1. The molecule has 1 aliphatic rings. The fraction of sp³-hybridized carbons (Fsp3) is 0.571. The van der Waals surface area contributed by atoms with E-state index >= 15 is 0 Å². The molecule has 1 heterocycles. The van der Waals surface area contributed by atoms with Gasteiger partial charge in [-0.05, 0) is 47.3 Å². The molecule has 1 fully saturated rings. The number of rotatable bonds is 5. The van der Waals surface area contributed by atoms with Gasteiger partial charge in [0.15, 0.2) is 0 Å². The van der Waals surface area contributed by atoms with Gasteiger partial charge in [0, 0.05) is 11.4 Å². The van der Waals surface area contributed by atoms with E-state index in [1.54, 1.807) is 11.3 Å². The topological polar surface area (TPSA) is 78.4 Å². The smallest absolute Gasteiger partial charge is 0.329 e. The van der Waals surface area contributed by atoms with Gasteiger partial charge >= 0.3 is 12.0 Å². The molecule has 0 atom stereocenters. The van der Waals surface area contributed by atoms with Crippen molar-refractivity contribution in [2.24, 2.45) is 0 Å². The lowest BCUT2D eigenvalue weighted by Crippen LogP contribution is -2.58. The lowest BCUT2D eigenvalue weighted by atomic mass is 9.82. The molecule has 0 unspecified atom stereocenters. The molecule has 1 aromatic heterocycles. The molecular weight excluding hydrogens is 356 g/mol. The Morgan fingerprint density at radius 2 is 2.00 bits per heavy atom. The number of carbonyl (C=O) groups is 2.